The van der Waals surface area contributed by atoms with E-state index in [1.807, 2.05) is 0 Å². The summed E-state index contributed by atoms with van der Waals surface area (Å²) in [7, 11) is 1.71. The number of rotatable bonds is 8. The van der Waals surface area contributed by atoms with E-state index in [0.717, 1.165) is 35.0 Å². The maximum Gasteiger partial charge on any atom is 0.186 e. The van der Waals surface area contributed by atoms with Crippen LogP contribution >= 0.6 is 11.3 Å². The first-order chi connectivity index (χ1) is 9.21. The Morgan fingerprint density at radius 2 is 2.32 bits per heavy atom. The summed E-state index contributed by atoms with van der Waals surface area (Å²) in [6, 6.07) is 0.410. The number of methoxy groups -OCH3 is 1. The fourth-order valence-electron chi connectivity index (χ4n) is 2.10. The topological polar surface area (TPSA) is 42.4 Å². The predicted octanol–water partition coefficient (Wildman–Crippen LogP) is 3.08. The van der Waals surface area contributed by atoms with Crippen LogP contribution < -0.4 is 4.90 Å². The third kappa shape index (κ3) is 3.34. The van der Waals surface area contributed by atoms with Crippen LogP contribution in [0.15, 0.2) is 0 Å². The van der Waals surface area contributed by atoms with Gasteiger partial charge in [-0.1, -0.05) is 18.3 Å². The zero-order chi connectivity index (χ0) is 13.8. The number of carbonyl (C=O) groups is 1. The van der Waals surface area contributed by atoms with Crippen LogP contribution in [0.3, 0.4) is 0 Å². The Labute approximate surface area is 118 Å². The molecule has 1 fully saturated rings. The van der Waals surface area contributed by atoms with Gasteiger partial charge in [0.25, 0.3) is 0 Å². The van der Waals surface area contributed by atoms with Crippen LogP contribution in [0.4, 0.5) is 5.13 Å². The van der Waals surface area contributed by atoms with Crippen LogP contribution in [0.1, 0.15) is 54.4 Å². The Bertz CT molecular complexity index is 429. The van der Waals surface area contributed by atoms with Gasteiger partial charge >= 0.3 is 0 Å². The molecule has 19 heavy (non-hydrogen) atoms. The van der Waals surface area contributed by atoms with Gasteiger partial charge in [0.2, 0.25) is 0 Å². The average molecular weight is 282 g/mol. The molecule has 0 bridgehead atoms. The number of hydrogen-bond donors (Lipinski definition) is 0. The maximum atomic E-state index is 11.2. The normalized spacial score (nSPS) is 16.4. The second-order valence-electron chi connectivity index (χ2n) is 5.08. The standard InChI is InChI=1S/C14H22N2O2S/c1-4-10(2)16(7-8-18-3)14-15-13(11-5-6-11)12(9-17)19-14/h9-11H,4-8H2,1-3H3. The first kappa shape index (κ1) is 14.5. The first-order valence-corrected chi connectivity index (χ1v) is 7.74. The minimum atomic E-state index is 0.410. The van der Waals surface area contributed by atoms with Crippen LogP contribution in [-0.2, 0) is 4.74 Å². The van der Waals surface area contributed by atoms with E-state index in [-0.39, 0.29) is 0 Å². The summed E-state index contributed by atoms with van der Waals surface area (Å²) >= 11 is 1.52. The summed E-state index contributed by atoms with van der Waals surface area (Å²) in [6.07, 6.45) is 4.36. The van der Waals surface area contributed by atoms with E-state index in [1.165, 1.54) is 24.2 Å². The minimum absolute atomic E-state index is 0.410. The van der Waals surface area contributed by atoms with E-state index in [0.29, 0.717) is 18.6 Å². The second kappa shape index (κ2) is 6.48. The molecule has 1 aliphatic carbocycles. The molecule has 0 N–H and O–H groups in total. The van der Waals surface area contributed by atoms with Crippen LogP contribution in [-0.4, -0.2) is 37.6 Å². The average Bonchev–Trinajstić information content (AvgIpc) is 3.19. The Morgan fingerprint density at radius 3 is 2.84 bits per heavy atom. The highest BCUT2D eigenvalue weighted by Gasteiger charge is 2.31. The fraction of sp³-hybridized carbons (Fsp3) is 0.714. The second-order valence-corrected chi connectivity index (χ2v) is 6.09. The maximum absolute atomic E-state index is 11.2. The zero-order valence-electron chi connectivity index (χ0n) is 11.9. The summed E-state index contributed by atoms with van der Waals surface area (Å²) < 4.78 is 5.18. The van der Waals surface area contributed by atoms with Gasteiger partial charge in [-0.3, -0.25) is 4.79 Å². The molecule has 1 aromatic heterocycles. The lowest BCUT2D eigenvalue weighted by Crippen LogP contribution is -2.35. The van der Waals surface area contributed by atoms with Crippen molar-refractivity contribution in [2.45, 2.75) is 45.1 Å². The molecule has 106 valence electrons. The van der Waals surface area contributed by atoms with E-state index in [9.17, 15) is 4.79 Å². The Balaban J connectivity index is 2.22. The number of carbonyl (C=O) groups excluding carboxylic acids is 1. The van der Waals surface area contributed by atoms with Crippen molar-refractivity contribution >= 4 is 22.8 Å². The number of nitrogens with zero attached hydrogens (tertiary/aromatic N) is 2. The smallest absolute Gasteiger partial charge is 0.186 e. The highest BCUT2D eigenvalue weighted by Crippen LogP contribution is 2.43. The van der Waals surface area contributed by atoms with Crippen molar-refractivity contribution in [3.05, 3.63) is 10.6 Å². The highest BCUT2D eigenvalue weighted by atomic mass is 32.1. The number of ether oxygens (including phenoxy) is 1. The van der Waals surface area contributed by atoms with Crippen LogP contribution in [0.25, 0.3) is 0 Å². The Morgan fingerprint density at radius 1 is 1.58 bits per heavy atom. The largest absolute Gasteiger partial charge is 0.383 e. The highest BCUT2D eigenvalue weighted by molar-refractivity contribution is 7.17. The molecule has 1 aromatic rings. The van der Waals surface area contributed by atoms with Gasteiger partial charge in [0.05, 0.1) is 17.2 Å². The SMILES string of the molecule is CCC(C)N(CCOC)c1nc(C2CC2)c(C=O)s1. The lowest BCUT2D eigenvalue weighted by Gasteiger charge is -2.27. The summed E-state index contributed by atoms with van der Waals surface area (Å²) in [5, 5.41) is 0.968. The molecular formula is C14H22N2O2S. The number of aromatic nitrogens is 1. The molecule has 0 spiro atoms. The van der Waals surface area contributed by atoms with Gasteiger partial charge in [0.15, 0.2) is 11.4 Å². The lowest BCUT2D eigenvalue weighted by molar-refractivity contribution is 0.112. The van der Waals surface area contributed by atoms with Crippen molar-refractivity contribution in [3.63, 3.8) is 0 Å². The van der Waals surface area contributed by atoms with Gasteiger partial charge in [-0.2, -0.15) is 0 Å². The number of aldehydes is 1. The third-order valence-electron chi connectivity index (χ3n) is 3.65. The molecule has 1 heterocycles. The predicted molar refractivity (Wildman–Crippen MR) is 78.5 cm³/mol. The molecule has 0 amide bonds. The van der Waals surface area contributed by atoms with E-state index < -0.39 is 0 Å². The van der Waals surface area contributed by atoms with Crippen LogP contribution in [0, 0.1) is 0 Å². The van der Waals surface area contributed by atoms with E-state index in [1.54, 1.807) is 7.11 Å². The molecule has 1 aliphatic rings. The number of hydrogen-bond acceptors (Lipinski definition) is 5. The van der Waals surface area contributed by atoms with Crippen LogP contribution in [0.5, 0.6) is 0 Å². The monoisotopic (exact) mass is 282 g/mol. The molecule has 2 rings (SSSR count). The molecule has 0 saturated heterocycles. The Kier molecular flexibility index (Phi) is 4.93. The van der Waals surface area contributed by atoms with Gasteiger partial charge in [0, 0.05) is 25.6 Å². The van der Waals surface area contributed by atoms with Gasteiger partial charge in [-0.05, 0) is 26.2 Å². The molecule has 0 aromatic carbocycles. The van der Waals surface area contributed by atoms with Gasteiger partial charge in [-0.25, -0.2) is 4.98 Å². The summed E-state index contributed by atoms with van der Waals surface area (Å²) in [4.78, 5) is 19.0. The molecule has 0 aliphatic heterocycles. The summed E-state index contributed by atoms with van der Waals surface area (Å²) in [5.41, 5.74) is 1.01. The molecule has 4 nitrogen and oxygen atoms in total. The zero-order valence-corrected chi connectivity index (χ0v) is 12.7. The molecule has 1 saturated carbocycles. The van der Waals surface area contributed by atoms with Gasteiger partial charge in [-0.15, -0.1) is 0 Å². The van der Waals surface area contributed by atoms with Crippen LogP contribution in [0.2, 0.25) is 0 Å². The van der Waals surface area contributed by atoms with Crippen molar-refractivity contribution in [2.75, 3.05) is 25.2 Å². The van der Waals surface area contributed by atoms with Crippen molar-refractivity contribution in [1.29, 1.82) is 0 Å². The molecule has 5 heteroatoms. The van der Waals surface area contributed by atoms with Crippen molar-refractivity contribution in [3.8, 4) is 0 Å². The number of thiazole rings is 1. The van der Waals surface area contributed by atoms with Crippen molar-refractivity contribution in [2.24, 2.45) is 0 Å². The molecular weight excluding hydrogens is 260 g/mol. The first-order valence-electron chi connectivity index (χ1n) is 6.92. The minimum Gasteiger partial charge on any atom is -0.383 e. The third-order valence-corrected chi connectivity index (χ3v) is 4.68. The summed E-state index contributed by atoms with van der Waals surface area (Å²) in [6.45, 7) is 5.86. The molecule has 0 radical (unpaired) electrons. The summed E-state index contributed by atoms with van der Waals surface area (Å²) in [5.74, 6) is 0.520. The van der Waals surface area contributed by atoms with Gasteiger partial charge < -0.3 is 9.64 Å². The van der Waals surface area contributed by atoms with Crippen molar-refractivity contribution < 1.29 is 9.53 Å². The quantitative estimate of drug-likeness (QED) is 0.687. The fourth-order valence-corrected chi connectivity index (χ4v) is 3.20. The van der Waals surface area contributed by atoms with Gasteiger partial charge in [0.1, 0.15) is 0 Å². The number of anilines is 1. The van der Waals surface area contributed by atoms with E-state index >= 15 is 0 Å². The Hall–Kier alpha value is -0.940. The van der Waals surface area contributed by atoms with Crippen molar-refractivity contribution in [1.82, 2.24) is 4.98 Å². The molecule has 1 unspecified atom stereocenters. The molecule has 1 atom stereocenters. The lowest BCUT2D eigenvalue weighted by atomic mass is 10.2. The van der Waals surface area contributed by atoms with E-state index in [2.05, 4.69) is 18.7 Å². The van der Waals surface area contributed by atoms with E-state index in [4.69, 9.17) is 9.72 Å².